The predicted octanol–water partition coefficient (Wildman–Crippen LogP) is 4.26. The van der Waals surface area contributed by atoms with E-state index in [2.05, 4.69) is 4.90 Å². The van der Waals surface area contributed by atoms with Crippen molar-refractivity contribution < 1.29 is 22.7 Å². The molecule has 148 valence electrons. The number of alkyl halides is 3. The molecule has 0 N–H and O–H groups in total. The van der Waals surface area contributed by atoms with Crippen molar-refractivity contribution in [3.63, 3.8) is 0 Å². The van der Waals surface area contributed by atoms with E-state index in [1.807, 2.05) is 30.3 Å². The Balaban J connectivity index is 1.70. The second kappa shape index (κ2) is 7.13. The standard InChI is InChI=1S/C21H21F3N2O2/c1-28-20(27)26-12-16-15(8-5-9-18(16)21(22,23)24)17-11-25(13-19(17)26)10-14-6-3-2-4-7-14/h2-9,17,19H,10-13H2,1H3/t17-,19+/m0/s1. The van der Waals surface area contributed by atoms with E-state index in [0.29, 0.717) is 25.2 Å². The maximum atomic E-state index is 13.5. The summed E-state index contributed by atoms with van der Waals surface area (Å²) >= 11 is 0. The number of likely N-dealkylation sites (tertiary alicyclic amines) is 1. The zero-order valence-electron chi connectivity index (χ0n) is 15.4. The van der Waals surface area contributed by atoms with Gasteiger partial charge in [0.15, 0.2) is 0 Å². The molecule has 0 spiro atoms. The first-order valence-electron chi connectivity index (χ1n) is 9.18. The monoisotopic (exact) mass is 390 g/mol. The number of benzene rings is 2. The van der Waals surface area contributed by atoms with Crippen LogP contribution in [0, 0.1) is 0 Å². The molecule has 0 aliphatic carbocycles. The van der Waals surface area contributed by atoms with Crippen LogP contribution in [0.25, 0.3) is 0 Å². The maximum Gasteiger partial charge on any atom is 0.416 e. The molecule has 2 aromatic carbocycles. The third-order valence-electron chi connectivity index (χ3n) is 5.67. The lowest BCUT2D eigenvalue weighted by molar-refractivity contribution is -0.138. The number of amides is 1. The minimum absolute atomic E-state index is 0.0853. The molecule has 0 radical (unpaired) electrons. The van der Waals surface area contributed by atoms with E-state index in [1.54, 1.807) is 6.07 Å². The summed E-state index contributed by atoms with van der Waals surface area (Å²) in [6.45, 7) is 1.81. The van der Waals surface area contributed by atoms with Gasteiger partial charge in [-0.15, -0.1) is 0 Å². The smallest absolute Gasteiger partial charge is 0.416 e. The summed E-state index contributed by atoms with van der Waals surface area (Å²) in [5, 5.41) is 0. The third kappa shape index (κ3) is 3.35. The zero-order chi connectivity index (χ0) is 19.9. The van der Waals surface area contributed by atoms with E-state index in [-0.39, 0.29) is 24.1 Å². The van der Waals surface area contributed by atoms with Crippen LogP contribution in [0.3, 0.4) is 0 Å². The Morgan fingerprint density at radius 2 is 1.86 bits per heavy atom. The highest BCUT2D eigenvalue weighted by Gasteiger charge is 2.46. The summed E-state index contributed by atoms with van der Waals surface area (Å²) < 4.78 is 45.5. The first kappa shape index (κ1) is 18.8. The molecule has 0 unspecified atom stereocenters. The molecule has 0 saturated carbocycles. The highest BCUT2D eigenvalue weighted by Crippen LogP contribution is 2.43. The fraction of sp³-hybridized carbons (Fsp3) is 0.381. The topological polar surface area (TPSA) is 32.8 Å². The summed E-state index contributed by atoms with van der Waals surface area (Å²) in [5.41, 5.74) is 1.34. The minimum Gasteiger partial charge on any atom is -0.453 e. The molecule has 2 aromatic rings. The van der Waals surface area contributed by atoms with Crippen LogP contribution in [0.15, 0.2) is 48.5 Å². The normalized spacial score (nSPS) is 21.9. The number of carbonyl (C=O) groups excluding carboxylic acids is 1. The van der Waals surface area contributed by atoms with Gasteiger partial charge in [-0.05, 0) is 22.8 Å². The van der Waals surface area contributed by atoms with Gasteiger partial charge < -0.3 is 4.74 Å². The average molecular weight is 390 g/mol. The van der Waals surface area contributed by atoms with Crippen LogP contribution in [0.5, 0.6) is 0 Å². The third-order valence-corrected chi connectivity index (χ3v) is 5.67. The molecule has 2 atom stereocenters. The van der Waals surface area contributed by atoms with Crippen molar-refractivity contribution in [2.75, 3.05) is 20.2 Å². The molecular formula is C21H21F3N2O2. The van der Waals surface area contributed by atoms with Gasteiger partial charge >= 0.3 is 12.3 Å². The van der Waals surface area contributed by atoms with Gasteiger partial charge in [0.2, 0.25) is 0 Å². The van der Waals surface area contributed by atoms with Crippen molar-refractivity contribution in [2.45, 2.75) is 31.2 Å². The zero-order valence-corrected chi connectivity index (χ0v) is 15.4. The molecule has 1 saturated heterocycles. The van der Waals surface area contributed by atoms with E-state index >= 15 is 0 Å². The van der Waals surface area contributed by atoms with Gasteiger partial charge in [-0.1, -0.05) is 42.5 Å². The van der Waals surface area contributed by atoms with Crippen molar-refractivity contribution in [1.82, 2.24) is 9.80 Å². The molecule has 0 aromatic heterocycles. The molecular weight excluding hydrogens is 369 g/mol. The van der Waals surface area contributed by atoms with Gasteiger partial charge in [0.25, 0.3) is 0 Å². The number of ether oxygens (including phenoxy) is 1. The fourth-order valence-corrected chi connectivity index (χ4v) is 4.46. The molecule has 4 nitrogen and oxygen atoms in total. The van der Waals surface area contributed by atoms with E-state index < -0.39 is 17.8 Å². The van der Waals surface area contributed by atoms with Gasteiger partial charge in [-0.3, -0.25) is 9.80 Å². The number of rotatable bonds is 2. The fourth-order valence-electron chi connectivity index (χ4n) is 4.46. The Kier molecular flexibility index (Phi) is 4.79. The number of hydrogen-bond acceptors (Lipinski definition) is 3. The Hall–Kier alpha value is -2.54. The number of hydrogen-bond donors (Lipinski definition) is 0. The first-order chi connectivity index (χ1) is 13.4. The van der Waals surface area contributed by atoms with E-state index in [1.165, 1.54) is 18.1 Å². The van der Waals surface area contributed by atoms with Crippen LogP contribution in [0.2, 0.25) is 0 Å². The largest absolute Gasteiger partial charge is 0.453 e. The molecule has 28 heavy (non-hydrogen) atoms. The van der Waals surface area contributed by atoms with Crippen molar-refractivity contribution in [3.05, 3.63) is 70.8 Å². The molecule has 7 heteroatoms. The van der Waals surface area contributed by atoms with Gasteiger partial charge in [0.05, 0.1) is 25.3 Å². The van der Waals surface area contributed by atoms with Crippen molar-refractivity contribution in [1.29, 1.82) is 0 Å². The summed E-state index contributed by atoms with van der Waals surface area (Å²) in [7, 11) is 1.26. The first-order valence-corrected chi connectivity index (χ1v) is 9.18. The number of methoxy groups -OCH3 is 1. The van der Waals surface area contributed by atoms with E-state index in [0.717, 1.165) is 11.6 Å². The van der Waals surface area contributed by atoms with Crippen LogP contribution in [0.1, 0.15) is 28.2 Å². The Bertz CT molecular complexity index is 870. The maximum absolute atomic E-state index is 13.5. The Morgan fingerprint density at radius 1 is 1.11 bits per heavy atom. The van der Waals surface area contributed by atoms with Crippen molar-refractivity contribution in [2.24, 2.45) is 0 Å². The summed E-state index contributed by atoms with van der Waals surface area (Å²) in [6, 6.07) is 14.0. The SMILES string of the molecule is COC(=O)N1Cc2c(cccc2C(F)(F)F)[C@@H]2CN(Cc3ccccc3)C[C@H]21. The van der Waals surface area contributed by atoms with E-state index in [4.69, 9.17) is 4.74 Å². The summed E-state index contributed by atoms with van der Waals surface area (Å²) in [4.78, 5) is 16.0. The van der Waals surface area contributed by atoms with Crippen LogP contribution >= 0.6 is 0 Å². The molecule has 1 fully saturated rings. The van der Waals surface area contributed by atoms with Crippen molar-refractivity contribution in [3.8, 4) is 0 Å². The van der Waals surface area contributed by atoms with Gasteiger partial charge in [0.1, 0.15) is 0 Å². The molecule has 2 aliphatic heterocycles. The van der Waals surface area contributed by atoms with Gasteiger partial charge in [0, 0.05) is 25.6 Å². The summed E-state index contributed by atoms with van der Waals surface area (Å²) in [5.74, 6) is -0.172. The lowest BCUT2D eigenvalue weighted by atomic mass is 9.83. The lowest BCUT2D eigenvalue weighted by Crippen LogP contribution is -2.47. The Morgan fingerprint density at radius 3 is 2.54 bits per heavy atom. The summed E-state index contributed by atoms with van der Waals surface area (Å²) in [6.07, 6.45) is -5.04. The van der Waals surface area contributed by atoms with Crippen LogP contribution in [0.4, 0.5) is 18.0 Å². The average Bonchev–Trinajstić information content (AvgIpc) is 3.10. The highest BCUT2D eigenvalue weighted by molar-refractivity contribution is 5.69. The van der Waals surface area contributed by atoms with Crippen LogP contribution in [-0.2, 0) is 24.0 Å². The van der Waals surface area contributed by atoms with Crippen molar-refractivity contribution >= 4 is 6.09 Å². The number of nitrogens with zero attached hydrogens (tertiary/aromatic N) is 2. The second-order valence-electron chi connectivity index (χ2n) is 7.32. The molecule has 2 aliphatic rings. The Labute approximate surface area is 161 Å². The number of carbonyl (C=O) groups is 1. The quantitative estimate of drug-likeness (QED) is 0.768. The van der Waals surface area contributed by atoms with Crippen LogP contribution < -0.4 is 0 Å². The van der Waals surface area contributed by atoms with Gasteiger partial charge in [-0.25, -0.2) is 4.79 Å². The second-order valence-corrected chi connectivity index (χ2v) is 7.32. The lowest BCUT2D eigenvalue weighted by Gasteiger charge is -2.38. The van der Waals surface area contributed by atoms with E-state index in [9.17, 15) is 18.0 Å². The number of halogens is 3. The molecule has 4 rings (SSSR count). The highest BCUT2D eigenvalue weighted by atomic mass is 19.4. The molecule has 2 heterocycles. The van der Waals surface area contributed by atoms with Gasteiger partial charge in [-0.2, -0.15) is 13.2 Å². The molecule has 1 amide bonds. The number of fused-ring (bicyclic) bond motifs is 3. The van der Waals surface area contributed by atoms with Crippen LogP contribution in [-0.4, -0.2) is 42.1 Å². The molecule has 0 bridgehead atoms. The minimum atomic E-state index is -4.46. The predicted molar refractivity (Wildman–Crippen MR) is 97.6 cm³/mol.